The Balaban J connectivity index is 1.65. The second kappa shape index (κ2) is 6.70. The molecule has 0 unspecified atom stereocenters. The quantitative estimate of drug-likeness (QED) is 0.448. The van der Waals surface area contributed by atoms with Gasteiger partial charge in [0.1, 0.15) is 6.33 Å². The van der Waals surface area contributed by atoms with E-state index in [1.165, 1.54) is 6.33 Å². The molecule has 0 radical (unpaired) electrons. The second-order valence-electron chi connectivity index (χ2n) is 5.27. The number of nitrogens with one attached hydrogen (secondary N) is 1. The molecule has 25 heavy (non-hydrogen) atoms. The van der Waals surface area contributed by atoms with Crippen LogP contribution in [0.5, 0.6) is 0 Å². The number of aromatic nitrogens is 4. The molecule has 1 N–H and O–H groups in total. The standard InChI is InChI=1S/C18H13ClN6/c19-14-6-8-15(9-7-14)25-18-16(11-23-25)17(20-12-21-18)24-22-10-13-4-2-1-3-5-13/h1-12H,(H,20,21,24)/b22-10+. The molecule has 4 rings (SSSR count). The lowest BCUT2D eigenvalue weighted by Crippen LogP contribution is -1.99. The minimum atomic E-state index is 0.595. The number of rotatable bonds is 4. The fourth-order valence-corrected chi connectivity index (χ4v) is 2.54. The van der Waals surface area contributed by atoms with Gasteiger partial charge >= 0.3 is 0 Å². The molecule has 0 bridgehead atoms. The summed E-state index contributed by atoms with van der Waals surface area (Å²) in [5.74, 6) is 0.595. The van der Waals surface area contributed by atoms with Crippen molar-refractivity contribution in [3.05, 3.63) is 77.7 Å². The number of hydrogen-bond acceptors (Lipinski definition) is 5. The van der Waals surface area contributed by atoms with Crippen molar-refractivity contribution in [1.82, 2.24) is 19.7 Å². The molecule has 2 aromatic heterocycles. The monoisotopic (exact) mass is 348 g/mol. The number of halogens is 1. The van der Waals surface area contributed by atoms with Gasteiger partial charge in [0.25, 0.3) is 0 Å². The van der Waals surface area contributed by atoms with Crippen molar-refractivity contribution in [3.8, 4) is 5.69 Å². The maximum absolute atomic E-state index is 5.94. The lowest BCUT2D eigenvalue weighted by molar-refractivity contribution is 0.895. The Morgan fingerprint density at radius 1 is 1.00 bits per heavy atom. The third kappa shape index (κ3) is 3.20. The molecule has 2 heterocycles. The van der Waals surface area contributed by atoms with Gasteiger partial charge < -0.3 is 0 Å². The van der Waals surface area contributed by atoms with Crippen molar-refractivity contribution in [3.63, 3.8) is 0 Å². The number of benzene rings is 2. The minimum Gasteiger partial charge on any atom is -0.261 e. The van der Waals surface area contributed by atoms with Crippen molar-refractivity contribution in [2.24, 2.45) is 5.10 Å². The van der Waals surface area contributed by atoms with E-state index < -0.39 is 0 Å². The molecular formula is C18H13ClN6. The molecule has 0 atom stereocenters. The highest BCUT2D eigenvalue weighted by atomic mass is 35.5. The second-order valence-corrected chi connectivity index (χ2v) is 5.71. The van der Waals surface area contributed by atoms with Crippen LogP contribution in [0.15, 0.2) is 72.2 Å². The molecule has 0 spiro atoms. The fraction of sp³-hybridized carbons (Fsp3) is 0. The molecule has 0 aliphatic rings. The van der Waals surface area contributed by atoms with Gasteiger partial charge in [-0.2, -0.15) is 10.2 Å². The third-order valence-corrected chi connectivity index (χ3v) is 3.87. The molecule has 7 heteroatoms. The van der Waals surface area contributed by atoms with Crippen LogP contribution >= 0.6 is 11.6 Å². The predicted octanol–water partition coefficient (Wildman–Crippen LogP) is 3.91. The van der Waals surface area contributed by atoms with Crippen molar-refractivity contribution < 1.29 is 0 Å². The van der Waals surface area contributed by atoms with E-state index in [0.717, 1.165) is 16.6 Å². The average molecular weight is 349 g/mol. The zero-order chi connectivity index (χ0) is 17.1. The van der Waals surface area contributed by atoms with Crippen LogP contribution in [-0.2, 0) is 0 Å². The number of anilines is 1. The van der Waals surface area contributed by atoms with Crippen molar-refractivity contribution >= 4 is 34.7 Å². The van der Waals surface area contributed by atoms with Gasteiger partial charge in [-0.15, -0.1) is 0 Å². The zero-order valence-electron chi connectivity index (χ0n) is 13.0. The van der Waals surface area contributed by atoms with Crippen molar-refractivity contribution in [1.29, 1.82) is 0 Å². The smallest absolute Gasteiger partial charge is 0.168 e. The minimum absolute atomic E-state index is 0.595. The summed E-state index contributed by atoms with van der Waals surface area (Å²) >= 11 is 5.94. The fourth-order valence-electron chi connectivity index (χ4n) is 2.41. The van der Waals surface area contributed by atoms with Gasteiger partial charge in [0.2, 0.25) is 0 Å². The van der Waals surface area contributed by atoms with E-state index in [1.54, 1.807) is 17.1 Å². The van der Waals surface area contributed by atoms with Gasteiger partial charge in [0.15, 0.2) is 11.5 Å². The van der Waals surface area contributed by atoms with Crippen LogP contribution in [0, 0.1) is 0 Å². The summed E-state index contributed by atoms with van der Waals surface area (Å²) in [7, 11) is 0. The van der Waals surface area contributed by atoms with Gasteiger partial charge in [-0.3, -0.25) is 5.43 Å². The van der Waals surface area contributed by atoms with Crippen LogP contribution in [0.3, 0.4) is 0 Å². The maximum atomic E-state index is 5.94. The highest BCUT2D eigenvalue weighted by Gasteiger charge is 2.10. The molecule has 0 saturated heterocycles. The van der Waals surface area contributed by atoms with Crippen LogP contribution in [0.25, 0.3) is 16.7 Å². The first-order valence-corrected chi connectivity index (χ1v) is 7.98. The summed E-state index contributed by atoms with van der Waals surface area (Å²) in [5.41, 5.74) is 5.51. The van der Waals surface area contributed by atoms with E-state index in [1.807, 2.05) is 54.6 Å². The van der Waals surface area contributed by atoms with Gasteiger partial charge in [-0.05, 0) is 29.8 Å². The predicted molar refractivity (Wildman–Crippen MR) is 99.3 cm³/mol. The first kappa shape index (κ1) is 15.3. The Morgan fingerprint density at radius 3 is 2.60 bits per heavy atom. The number of hydrogen-bond donors (Lipinski definition) is 1. The molecule has 0 amide bonds. The van der Waals surface area contributed by atoms with Crippen molar-refractivity contribution in [2.75, 3.05) is 5.43 Å². The Labute approximate surface area is 148 Å². The van der Waals surface area contributed by atoms with E-state index in [-0.39, 0.29) is 0 Å². The van der Waals surface area contributed by atoms with Gasteiger partial charge in [-0.25, -0.2) is 14.6 Å². The molecule has 6 nitrogen and oxygen atoms in total. The van der Waals surface area contributed by atoms with E-state index in [2.05, 4.69) is 25.6 Å². The summed E-state index contributed by atoms with van der Waals surface area (Å²) < 4.78 is 1.74. The first-order chi connectivity index (χ1) is 12.3. The Morgan fingerprint density at radius 2 is 1.80 bits per heavy atom. The molecule has 2 aromatic carbocycles. The van der Waals surface area contributed by atoms with E-state index in [9.17, 15) is 0 Å². The Kier molecular flexibility index (Phi) is 4.10. The molecular weight excluding hydrogens is 336 g/mol. The van der Waals surface area contributed by atoms with E-state index in [4.69, 9.17) is 11.6 Å². The van der Waals surface area contributed by atoms with Crippen LogP contribution in [0.4, 0.5) is 5.82 Å². The normalized spacial score (nSPS) is 11.2. The van der Waals surface area contributed by atoms with Gasteiger partial charge in [-0.1, -0.05) is 41.9 Å². The summed E-state index contributed by atoms with van der Waals surface area (Å²) in [5, 5.41) is 10.1. The molecule has 4 aromatic rings. The largest absolute Gasteiger partial charge is 0.261 e. The topological polar surface area (TPSA) is 68.0 Å². The maximum Gasteiger partial charge on any atom is 0.168 e. The number of hydrazone groups is 1. The number of fused-ring (bicyclic) bond motifs is 1. The first-order valence-electron chi connectivity index (χ1n) is 7.60. The van der Waals surface area contributed by atoms with E-state index >= 15 is 0 Å². The van der Waals surface area contributed by atoms with Crippen molar-refractivity contribution in [2.45, 2.75) is 0 Å². The van der Waals surface area contributed by atoms with E-state index in [0.29, 0.717) is 16.5 Å². The molecule has 0 saturated carbocycles. The lowest BCUT2D eigenvalue weighted by atomic mass is 10.2. The molecule has 0 fully saturated rings. The molecule has 0 aliphatic carbocycles. The third-order valence-electron chi connectivity index (χ3n) is 3.62. The summed E-state index contributed by atoms with van der Waals surface area (Å²) in [4.78, 5) is 8.58. The van der Waals surface area contributed by atoms with Crippen LogP contribution < -0.4 is 5.43 Å². The zero-order valence-corrected chi connectivity index (χ0v) is 13.8. The highest BCUT2D eigenvalue weighted by molar-refractivity contribution is 6.30. The SMILES string of the molecule is Clc1ccc(-n2ncc3c(N/N=C/c4ccccc4)ncnc32)cc1. The Hall–Kier alpha value is -3.25. The summed E-state index contributed by atoms with van der Waals surface area (Å²) in [6.45, 7) is 0. The van der Waals surface area contributed by atoms with Gasteiger partial charge in [0.05, 0.1) is 23.5 Å². The molecule has 0 aliphatic heterocycles. The van der Waals surface area contributed by atoms with Gasteiger partial charge in [0, 0.05) is 5.02 Å². The summed E-state index contributed by atoms with van der Waals surface area (Å²) in [6, 6.07) is 17.2. The average Bonchev–Trinajstić information content (AvgIpc) is 3.08. The lowest BCUT2D eigenvalue weighted by Gasteiger charge is -2.04. The number of nitrogens with zero attached hydrogens (tertiary/aromatic N) is 5. The Bertz CT molecular complexity index is 1020. The van der Waals surface area contributed by atoms with Crippen LogP contribution in [-0.4, -0.2) is 26.0 Å². The highest BCUT2D eigenvalue weighted by Crippen LogP contribution is 2.22. The van der Waals surface area contributed by atoms with Crippen LogP contribution in [0.2, 0.25) is 5.02 Å². The summed E-state index contributed by atoms with van der Waals surface area (Å²) in [6.07, 6.45) is 4.93. The molecule has 122 valence electrons. The van der Waals surface area contributed by atoms with Crippen LogP contribution in [0.1, 0.15) is 5.56 Å².